The maximum atomic E-state index is 8.37. The molecular formula is C7H14O4. The van der Waals surface area contributed by atoms with Gasteiger partial charge in [-0.2, -0.15) is 0 Å². The van der Waals surface area contributed by atoms with Crippen molar-refractivity contribution >= 4 is 0 Å². The van der Waals surface area contributed by atoms with Crippen LogP contribution in [0.15, 0.2) is 12.3 Å². The molecule has 0 aromatic heterocycles. The van der Waals surface area contributed by atoms with Crippen LogP contribution >= 0.6 is 0 Å². The van der Waals surface area contributed by atoms with Gasteiger partial charge in [-0.3, -0.25) is 0 Å². The Balaban J connectivity index is 4.04. The number of hydrogen-bond acceptors (Lipinski definition) is 4. The lowest BCUT2D eigenvalue weighted by molar-refractivity contribution is -0.349. The van der Waals surface area contributed by atoms with E-state index in [0.717, 1.165) is 6.26 Å². The van der Waals surface area contributed by atoms with Crippen LogP contribution in [0, 0.1) is 0 Å². The molecule has 0 unspecified atom stereocenters. The number of aliphatic hydroxyl groups is 1. The minimum atomic E-state index is -1.07. The maximum absolute atomic E-state index is 8.37. The number of methoxy groups -OCH3 is 3. The van der Waals surface area contributed by atoms with Crippen molar-refractivity contribution < 1.29 is 19.3 Å². The van der Waals surface area contributed by atoms with Gasteiger partial charge in [0.2, 0.25) is 0 Å². The van der Waals surface area contributed by atoms with Gasteiger partial charge in [0, 0.05) is 21.3 Å². The van der Waals surface area contributed by atoms with Crippen LogP contribution < -0.4 is 0 Å². The third kappa shape index (κ3) is 2.88. The van der Waals surface area contributed by atoms with E-state index in [0.29, 0.717) is 6.42 Å². The Labute approximate surface area is 66.4 Å². The molecule has 0 aliphatic heterocycles. The number of hydrogen-bond donors (Lipinski definition) is 1. The van der Waals surface area contributed by atoms with Gasteiger partial charge in [0.25, 0.3) is 5.97 Å². The summed E-state index contributed by atoms with van der Waals surface area (Å²) in [7, 11) is 4.41. The first-order valence-electron chi connectivity index (χ1n) is 3.19. The van der Waals surface area contributed by atoms with Crippen LogP contribution in [0.5, 0.6) is 0 Å². The molecule has 0 saturated carbocycles. The highest BCUT2D eigenvalue weighted by Crippen LogP contribution is 2.16. The largest absolute Gasteiger partial charge is 0.516 e. The maximum Gasteiger partial charge on any atom is 0.285 e. The number of ether oxygens (including phenoxy) is 3. The Morgan fingerprint density at radius 3 is 1.91 bits per heavy atom. The van der Waals surface area contributed by atoms with E-state index in [4.69, 9.17) is 19.3 Å². The second-order valence-corrected chi connectivity index (χ2v) is 1.88. The van der Waals surface area contributed by atoms with E-state index in [2.05, 4.69) is 0 Å². The molecule has 0 bridgehead atoms. The molecule has 0 amide bonds. The molecule has 0 atom stereocenters. The van der Waals surface area contributed by atoms with Crippen LogP contribution in [0.4, 0.5) is 0 Å². The van der Waals surface area contributed by atoms with Crippen molar-refractivity contribution in [2.75, 3.05) is 21.3 Å². The summed E-state index contributed by atoms with van der Waals surface area (Å²) in [6, 6.07) is 0. The third-order valence-corrected chi connectivity index (χ3v) is 1.41. The summed E-state index contributed by atoms with van der Waals surface area (Å²) in [5.74, 6) is -1.07. The fourth-order valence-electron chi connectivity index (χ4n) is 0.697. The topological polar surface area (TPSA) is 47.9 Å². The SMILES string of the molecule is COC(CC=CO)(OC)OC. The standard InChI is InChI=1S/C7H14O4/c1-9-7(10-2,11-3)5-4-6-8/h4,6,8H,5H2,1-3H3. The van der Waals surface area contributed by atoms with E-state index >= 15 is 0 Å². The van der Waals surface area contributed by atoms with Gasteiger partial charge in [0.15, 0.2) is 0 Å². The lowest BCUT2D eigenvalue weighted by Crippen LogP contribution is -2.35. The first-order chi connectivity index (χ1) is 5.24. The molecule has 1 N–H and O–H groups in total. The molecule has 0 radical (unpaired) electrons. The molecule has 0 fully saturated rings. The molecule has 0 aliphatic carbocycles. The van der Waals surface area contributed by atoms with Gasteiger partial charge in [0.05, 0.1) is 12.7 Å². The second kappa shape index (κ2) is 5.12. The molecule has 0 spiro atoms. The highest BCUT2D eigenvalue weighted by molar-refractivity contribution is 4.77. The van der Waals surface area contributed by atoms with Crippen LogP contribution in [-0.4, -0.2) is 32.4 Å². The molecule has 0 aromatic rings. The molecule has 0 saturated heterocycles. The highest BCUT2D eigenvalue weighted by Gasteiger charge is 2.27. The fraction of sp³-hybridized carbons (Fsp3) is 0.714. The minimum absolute atomic E-state index is 0.340. The molecular weight excluding hydrogens is 148 g/mol. The summed E-state index contributed by atoms with van der Waals surface area (Å²) >= 11 is 0. The van der Waals surface area contributed by atoms with Gasteiger partial charge < -0.3 is 19.3 Å². The molecule has 11 heavy (non-hydrogen) atoms. The van der Waals surface area contributed by atoms with Crippen molar-refractivity contribution in [3.8, 4) is 0 Å². The van der Waals surface area contributed by atoms with E-state index in [1.54, 1.807) is 0 Å². The average Bonchev–Trinajstić information content (AvgIpc) is 2.08. The van der Waals surface area contributed by atoms with Crippen LogP contribution in [0.3, 0.4) is 0 Å². The molecule has 0 aliphatic rings. The van der Waals surface area contributed by atoms with E-state index in [9.17, 15) is 0 Å². The summed E-state index contributed by atoms with van der Waals surface area (Å²) in [5, 5.41) is 8.37. The molecule has 4 nitrogen and oxygen atoms in total. The Bertz CT molecular complexity index is 109. The fourth-order valence-corrected chi connectivity index (χ4v) is 0.697. The minimum Gasteiger partial charge on any atom is -0.516 e. The van der Waals surface area contributed by atoms with Gasteiger partial charge in [0.1, 0.15) is 0 Å². The van der Waals surface area contributed by atoms with Gasteiger partial charge in [-0.05, 0) is 6.08 Å². The smallest absolute Gasteiger partial charge is 0.285 e. The molecule has 0 aromatic carbocycles. The zero-order valence-electron chi connectivity index (χ0n) is 7.03. The van der Waals surface area contributed by atoms with E-state index in [-0.39, 0.29) is 0 Å². The average molecular weight is 162 g/mol. The van der Waals surface area contributed by atoms with Crippen LogP contribution in [0.1, 0.15) is 6.42 Å². The molecule has 66 valence electrons. The van der Waals surface area contributed by atoms with E-state index < -0.39 is 5.97 Å². The third-order valence-electron chi connectivity index (χ3n) is 1.41. The van der Waals surface area contributed by atoms with Crippen LogP contribution in [0.2, 0.25) is 0 Å². The van der Waals surface area contributed by atoms with Gasteiger partial charge >= 0.3 is 0 Å². The predicted molar refractivity (Wildman–Crippen MR) is 40.1 cm³/mol. The summed E-state index contributed by atoms with van der Waals surface area (Å²) in [6.07, 6.45) is 2.75. The van der Waals surface area contributed by atoms with Crippen molar-refractivity contribution in [2.45, 2.75) is 12.4 Å². The quantitative estimate of drug-likeness (QED) is 0.484. The second-order valence-electron chi connectivity index (χ2n) is 1.88. The van der Waals surface area contributed by atoms with Crippen molar-refractivity contribution in [3.63, 3.8) is 0 Å². The summed E-state index contributed by atoms with van der Waals surface area (Å²) < 4.78 is 14.8. The van der Waals surface area contributed by atoms with Crippen molar-refractivity contribution in [2.24, 2.45) is 0 Å². The van der Waals surface area contributed by atoms with Crippen LogP contribution in [0.25, 0.3) is 0 Å². The Kier molecular flexibility index (Phi) is 4.85. The van der Waals surface area contributed by atoms with Gasteiger partial charge in [-0.25, -0.2) is 0 Å². The normalized spacial score (nSPS) is 12.6. The zero-order valence-corrected chi connectivity index (χ0v) is 7.03. The van der Waals surface area contributed by atoms with E-state index in [1.807, 2.05) is 0 Å². The number of rotatable bonds is 5. The zero-order chi connectivity index (χ0) is 8.74. The van der Waals surface area contributed by atoms with Gasteiger partial charge in [-0.15, -0.1) is 0 Å². The predicted octanol–water partition coefficient (Wildman–Crippen LogP) is 1.04. The molecule has 0 heterocycles. The van der Waals surface area contributed by atoms with Crippen molar-refractivity contribution in [3.05, 3.63) is 12.3 Å². The Hall–Kier alpha value is -0.580. The lowest BCUT2D eigenvalue weighted by atomic mass is 10.3. The Morgan fingerprint density at radius 2 is 1.64 bits per heavy atom. The summed E-state index contributed by atoms with van der Waals surface area (Å²) in [4.78, 5) is 0. The lowest BCUT2D eigenvalue weighted by Gasteiger charge is -2.27. The van der Waals surface area contributed by atoms with Crippen LogP contribution in [-0.2, 0) is 14.2 Å². The first kappa shape index (κ1) is 10.4. The summed E-state index contributed by atoms with van der Waals surface area (Å²) in [6.45, 7) is 0. The van der Waals surface area contributed by atoms with E-state index in [1.165, 1.54) is 27.4 Å². The van der Waals surface area contributed by atoms with Crippen molar-refractivity contribution in [1.29, 1.82) is 0 Å². The molecule has 4 heteroatoms. The van der Waals surface area contributed by atoms with Crippen molar-refractivity contribution in [1.82, 2.24) is 0 Å². The monoisotopic (exact) mass is 162 g/mol. The summed E-state index contributed by atoms with van der Waals surface area (Å²) in [5.41, 5.74) is 0. The molecule has 0 rings (SSSR count). The Morgan fingerprint density at radius 1 is 1.18 bits per heavy atom. The first-order valence-corrected chi connectivity index (χ1v) is 3.19. The highest BCUT2D eigenvalue weighted by atomic mass is 16.9. The van der Waals surface area contributed by atoms with Gasteiger partial charge in [-0.1, -0.05) is 0 Å². The number of aliphatic hydroxyl groups excluding tert-OH is 1.